The molecular weight excluding hydrogens is 488 g/mol. The van der Waals surface area contributed by atoms with Gasteiger partial charge in [0.05, 0.1) is 16.4 Å². The average Bonchev–Trinajstić information content (AvgIpc) is 3.16. The molecule has 0 radical (unpaired) electrons. The number of guanidine groups is 1. The number of nitrogens with one attached hydrogen (secondary N) is 1. The normalized spacial score (nSPS) is 14.8. The number of piperazine rings is 1. The van der Waals surface area contributed by atoms with E-state index in [9.17, 15) is 4.39 Å². The highest BCUT2D eigenvalue weighted by Crippen LogP contribution is 2.20. The lowest BCUT2D eigenvalue weighted by Gasteiger charge is -2.37. The standard InChI is InChI=1S/C20H28FN5S.HI/c1-3-19-24-16(15-27-19)9-10-23-20(22-4-2)26-13-11-25(12-14-26)18-8-6-5-7-17(18)21;/h5-8,15H,3-4,9-14H2,1-2H3,(H,22,23);1H. The van der Waals surface area contributed by atoms with Gasteiger partial charge in [0.15, 0.2) is 5.96 Å². The maximum Gasteiger partial charge on any atom is 0.194 e. The topological polar surface area (TPSA) is 43.8 Å². The second kappa shape index (κ2) is 11.5. The van der Waals surface area contributed by atoms with Gasteiger partial charge in [0, 0.05) is 51.1 Å². The van der Waals surface area contributed by atoms with Crippen molar-refractivity contribution in [1.82, 2.24) is 15.2 Å². The van der Waals surface area contributed by atoms with Crippen LogP contribution in [0.4, 0.5) is 10.1 Å². The zero-order chi connectivity index (χ0) is 19.1. The van der Waals surface area contributed by atoms with Gasteiger partial charge >= 0.3 is 0 Å². The van der Waals surface area contributed by atoms with Crippen LogP contribution in [0.1, 0.15) is 24.5 Å². The Morgan fingerprint density at radius 2 is 1.96 bits per heavy atom. The molecule has 1 saturated heterocycles. The largest absolute Gasteiger partial charge is 0.366 e. The van der Waals surface area contributed by atoms with Crippen molar-refractivity contribution in [3.8, 4) is 0 Å². The molecule has 0 atom stereocenters. The van der Waals surface area contributed by atoms with Crippen LogP contribution in [0, 0.1) is 5.82 Å². The highest BCUT2D eigenvalue weighted by atomic mass is 127. The van der Waals surface area contributed by atoms with Crippen LogP contribution in [0.25, 0.3) is 0 Å². The molecule has 3 rings (SSSR count). The van der Waals surface area contributed by atoms with E-state index in [1.807, 2.05) is 12.1 Å². The Kier molecular flexibility index (Phi) is 9.43. The number of aryl methyl sites for hydroxylation is 1. The molecular formula is C20H29FIN5S. The summed E-state index contributed by atoms with van der Waals surface area (Å²) in [5.74, 6) is 0.790. The Bertz CT molecular complexity index is 759. The lowest BCUT2D eigenvalue weighted by atomic mass is 10.2. The van der Waals surface area contributed by atoms with Crippen molar-refractivity contribution in [1.29, 1.82) is 0 Å². The first-order valence-electron chi connectivity index (χ1n) is 9.67. The molecule has 8 heteroatoms. The van der Waals surface area contributed by atoms with Gasteiger partial charge in [-0.25, -0.2) is 9.37 Å². The number of hydrogen-bond acceptors (Lipinski definition) is 4. The van der Waals surface area contributed by atoms with Crippen molar-refractivity contribution < 1.29 is 4.39 Å². The number of rotatable bonds is 6. The predicted octanol–water partition coefficient (Wildman–Crippen LogP) is 3.79. The number of benzene rings is 1. The third kappa shape index (κ3) is 6.04. The van der Waals surface area contributed by atoms with Crippen molar-refractivity contribution in [2.75, 3.05) is 44.2 Å². The molecule has 0 bridgehead atoms. The summed E-state index contributed by atoms with van der Waals surface area (Å²) in [6.07, 6.45) is 1.85. The van der Waals surface area contributed by atoms with E-state index in [1.54, 1.807) is 17.4 Å². The molecule has 154 valence electrons. The fourth-order valence-corrected chi connectivity index (χ4v) is 3.97. The van der Waals surface area contributed by atoms with Crippen LogP contribution in [-0.4, -0.2) is 55.1 Å². The minimum Gasteiger partial charge on any atom is -0.366 e. The van der Waals surface area contributed by atoms with E-state index in [4.69, 9.17) is 4.99 Å². The number of aromatic nitrogens is 1. The lowest BCUT2D eigenvalue weighted by Crippen LogP contribution is -2.52. The van der Waals surface area contributed by atoms with Gasteiger partial charge in [-0.05, 0) is 25.5 Å². The molecule has 1 aromatic heterocycles. The molecule has 0 spiro atoms. The number of halogens is 2. The molecule has 1 aliphatic heterocycles. The van der Waals surface area contributed by atoms with Gasteiger partial charge in [-0.3, -0.25) is 4.99 Å². The van der Waals surface area contributed by atoms with Crippen LogP contribution in [-0.2, 0) is 12.8 Å². The Hall–Kier alpha value is -1.42. The molecule has 1 N–H and O–H groups in total. The van der Waals surface area contributed by atoms with Crippen LogP contribution in [0.5, 0.6) is 0 Å². The number of para-hydroxylation sites is 1. The first-order chi connectivity index (χ1) is 13.2. The highest BCUT2D eigenvalue weighted by Gasteiger charge is 2.21. The Labute approximate surface area is 188 Å². The van der Waals surface area contributed by atoms with Crippen molar-refractivity contribution in [2.45, 2.75) is 26.7 Å². The molecule has 1 fully saturated rings. The van der Waals surface area contributed by atoms with Crippen LogP contribution in [0.3, 0.4) is 0 Å². The van der Waals surface area contributed by atoms with E-state index < -0.39 is 0 Å². The van der Waals surface area contributed by atoms with E-state index in [-0.39, 0.29) is 29.8 Å². The van der Waals surface area contributed by atoms with Crippen LogP contribution < -0.4 is 10.2 Å². The first kappa shape index (κ1) is 22.9. The third-order valence-corrected chi connectivity index (χ3v) is 5.68. The summed E-state index contributed by atoms with van der Waals surface area (Å²) in [5, 5.41) is 6.71. The molecule has 28 heavy (non-hydrogen) atoms. The van der Waals surface area contributed by atoms with E-state index in [0.29, 0.717) is 5.69 Å². The van der Waals surface area contributed by atoms with Gasteiger partial charge in [0.1, 0.15) is 5.82 Å². The maximum absolute atomic E-state index is 14.0. The summed E-state index contributed by atoms with van der Waals surface area (Å²) < 4.78 is 14.0. The van der Waals surface area contributed by atoms with Gasteiger partial charge < -0.3 is 15.1 Å². The predicted molar refractivity (Wildman–Crippen MR) is 127 cm³/mol. The summed E-state index contributed by atoms with van der Waals surface area (Å²) in [5.41, 5.74) is 1.81. The SMILES string of the molecule is CCNC(=NCCc1csc(CC)n1)N1CCN(c2ccccc2F)CC1.I. The van der Waals surface area contributed by atoms with Crippen molar-refractivity contribution in [3.63, 3.8) is 0 Å². The van der Waals surface area contributed by atoms with Crippen molar-refractivity contribution in [2.24, 2.45) is 4.99 Å². The molecule has 5 nitrogen and oxygen atoms in total. The number of nitrogens with zero attached hydrogens (tertiary/aromatic N) is 4. The first-order valence-corrected chi connectivity index (χ1v) is 10.5. The average molecular weight is 517 g/mol. The molecule has 1 aliphatic rings. The number of thiazole rings is 1. The minimum absolute atomic E-state index is 0. The molecule has 2 heterocycles. The minimum atomic E-state index is -0.152. The fraction of sp³-hybridized carbons (Fsp3) is 0.500. The zero-order valence-electron chi connectivity index (χ0n) is 16.5. The summed E-state index contributed by atoms with van der Waals surface area (Å²) in [7, 11) is 0. The zero-order valence-corrected chi connectivity index (χ0v) is 19.7. The van der Waals surface area contributed by atoms with E-state index in [2.05, 4.69) is 39.3 Å². The molecule has 0 unspecified atom stereocenters. The lowest BCUT2D eigenvalue weighted by molar-refractivity contribution is 0.371. The molecule has 0 aliphatic carbocycles. The second-order valence-electron chi connectivity index (χ2n) is 6.50. The molecule has 2 aromatic rings. The Balaban J connectivity index is 0.00000280. The van der Waals surface area contributed by atoms with Crippen molar-refractivity contribution >= 4 is 47.0 Å². The summed E-state index contributed by atoms with van der Waals surface area (Å²) >= 11 is 1.72. The molecule has 0 saturated carbocycles. The fourth-order valence-electron chi connectivity index (χ4n) is 3.20. The van der Waals surface area contributed by atoms with Gasteiger partial charge in [0.25, 0.3) is 0 Å². The van der Waals surface area contributed by atoms with Crippen LogP contribution in [0.15, 0.2) is 34.6 Å². The quantitative estimate of drug-likeness (QED) is 0.360. The van der Waals surface area contributed by atoms with Gasteiger partial charge in [0.2, 0.25) is 0 Å². The Morgan fingerprint density at radius 3 is 2.61 bits per heavy atom. The monoisotopic (exact) mass is 517 g/mol. The number of anilines is 1. The third-order valence-electron chi connectivity index (χ3n) is 4.64. The Morgan fingerprint density at radius 1 is 1.21 bits per heavy atom. The molecule has 0 amide bonds. The van der Waals surface area contributed by atoms with Gasteiger partial charge in [-0.2, -0.15) is 0 Å². The molecule has 1 aromatic carbocycles. The van der Waals surface area contributed by atoms with E-state index >= 15 is 0 Å². The van der Waals surface area contributed by atoms with Crippen molar-refractivity contribution in [3.05, 3.63) is 46.2 Å². The number of aliphatic imine (C=N–C) groups is 1. The van der Waals surface area contributed by atoms with Gasteiger partial charge in [-0.15, -0.1) is 35.3 Å². The smallest absolute Gasteiger partial charge is 0.194 e. The highest BCUT2D eigenvalue weighted by molar-refractivity contribution is 14.0. The maximum atomic E-state index is 14.0. The van der Waals surface area contributed by atoms with Crippen LogP contribution in [0.2, 0.25) is 0 Å². The summed E-state index contributed by atoms with van der Waals surface area (Å²) in [4.78, 5) is 13.8. The second-order valence-corrected chi connectivity index (χ2v) is 7.44. The summed E-state index contributed by atoms with van der Waals surface area (Å²) in [6.45, 7) is 9.01. The van der Waals surface area contributed by atoms with E-state index in [0.717, 1.165) is 63.8 Å². The van der Waals surface area contributed by atoms with E-state index in [1.165, 1.54) is 11.1 Å². The number of hydrogen-bond donors (Lipinski definition) is 1. The summed E-state index contributed by atoms with van der Waals surface area (Å²) in [6, 6.07) is 6.99. The van der Waals surface area contributed by atoms with Gasteiger partial charge in [-0.1, -0.05) is 19.1 Å². The van der Waals surface area contributed by atoms with Crippen LogP contribution >= 0.6 is 35.3 Å².